The second-order valence-corrected chi connectivity index (χ2v) is 9.65. The van der Waals surface area contributed by atoms with E-state index in [0.717, 1.165) is 22.3 Å². The molecule has 0 spiro atoms. The van der Waals surface area contributed by atoms with Gasteiger partial charge in [0, 0.05) is 12.5 Å². The lowest BCUT2D eigenvalue weighted by atomic mass is 9.73. The zero-order valence-corrected chi connectivity index (χ0v) is 19.8. The molecule has 3 rings (SSSR count). The number of alkyl carbamates (subject to hydrolysis) is 1. The van der Waals surface area contributed by atoms with E-state index in [0.29, 0.717) is 0 Å². The number of carboxylic acids is 1. The molecule has 0 saturated heterocycles. The van der Waals surface area contributed by atoms with Gasteiger partial charge in [0.05, 0.1) is 16.9 Å². The Morgan fingerprint density at radius 2 is 1.48 bits per heavy atom. The first-order chi connectivity index (χ1) is 15.5. The first-order valence-corrected chi connectivity index (χ1v) is 11.1. The van der Waals surface area contributed by atoms with Gasteiger partial charge in [-0.1, -0.05) is 55.5 Å². The summed E-state index contributed by atoms with van der Waals surface area (Å²) < 4.78 is 5.62. The number of benzene rings is 2. The zero-order chi connectivity index (χ0) is 24.4. The fraction of sp³-hybridized carbons (Fsp3) is 0.423. The number of rotatable bonds is 8. The van der Waals surface area contributed by atoms with Crippen LogP contribution in [-0.4, -0.2) is 41.8 Å². The van der Waals surface area contributed by atoms with E-state index in [2.05, 4.69) is 34.9 Å². The summed E-state index contributed by atoms with van der Waals surface area (Å²) in [6.07, 6.45) is -0.610. The summed E-state index contributed by atoms with van der Waals surface area (Å²) in [4.78, 5) is 36.5. The van der Waals surface area contributed by atoms with Crippen LogP contribution in [0.3, 0.4) is 0 Å². The Labute approximate surface area is 194 Å². The maximum atomic E-state index is 12.8. The Morgan fingerprint density at radius 3 is 2.00 bits per heavy atom. The third-order valence-electron chi connectivity index (χ3n) is 6.88. The highest BCUT2D eigenvalue weighted by molar-refractivity contribution is 5.85. The molecule has 33 heavy (non-hydrogen) atoms. The maximum Gasteiger partial charge on any atom is 0.407 e. The van der Waals surface area contributed by atoms with Crippen LogP contribution in [0.25, 0.3) is 11.1 Å². The van der Waals surface area contributed by atoms with Crippen molar-refractivity contribution in [1.29, 1.82) is 0 Å². The standard InChI is InChI=1S/C26H32N2O5/c1-16(22(29)30)14-27-23(31)25(2,3)26(4,5)28-24(32)33-15-21-19-12-8-6-10-17(19)18-11-7-9-13-20(18)21/h6-13,16,21H,14-15H2,1-5H3,(H,27,31)(H,28,32)(H,29,30). The molecule has 0 fully saturated rings. The molecule has 3 N–H and O–H groups in total. The van der Waals surface area contributed by atoms with Gasteiger partial charge in [0.1, 0.15) is 6.61 Å². The van der Waals surface area contributed by atoms with Crippen molar-refractivity contribution in [3.63, 3.8) is 0 Å². The van der Waals surface area contributed by atoms with Gasteiger partial charge in [0.15, 0.2) is 0 Å². The molecule has 1 atom stereocenters. The molecule has 0 saturated carbocycles. The van der Waals surface area contributed by atoms with Gasteiger partial charge in [-0.15, -0.1) is 0 Å². The Bertz CT molecular complexity index is 1010. The molecule has 1 unspecified atom stereocenters. The van der Waals surface area contributed by atoms with Crippen LogP contribution in [-0.2, 0) is 14.3 Å². The number of aliphatic carboxylic acids is 1. The van der Waals surface area contributed by atoms with Crippen LogP contribution in [0.1, 0.15) is 51.7 Å². The predicted molar refractivity (Wildman–Crippen MR) is 126 cm³/mol. The Hall–Kier alpha value is -3.35. The monoisotopic (exact) mass is 452 g/mol. The van der Waals surface area contributed by atoms with E-state index in [9.17, 15) is 14.4 Å². The number of nitrogens with one attached hydrogen (secondary N) is 2. The number of hydrogen-bond acceptors (Lipinski definition) is 4. The summed E-state index contributed by atoms with van der Waals surface area (Å²) in [5.74, 6) is -2.09. The molecule has 0 radical (unpaired) electrons. The number of ether oxygens (including phenoxy) is 1. The van der Waals surface area contributed by atoms with Crippen molar-refractivity contribution in [1.82, 2.24) is 10.6 Å². The van der Waals surface area contributed by atoms with Crippen molar-refractivity contribution >= 4 is 18.0 Å². The molecule has 2 amide bonds. The van der Waals surface area contributed by atoms with E-state index < -0.39 is 28.9 Å². The lowest BCUT2D eigenvalue weighted by Gasteiger charge is -2.40. The first-order valence-electron chi connectivity index (χ1n) is 11.1. The third-order valence-corrected chi connectivity index (χ3v) is 6.88. The second kappa shape index (κ2) is 9.25. The van der Waals surface area contributed by atoms with Gasteiger partial charge in [0.25, 0.3) is 0 Å². The van der Waals surface area contributed by atoms with Gasteiger partial charge in [-0.25, -0.2) is 4.79 Å². The third kappa shape index (κ3) is 4.87. The average molecular weight is 453 g/mol. The van der Waals surface area contributed by atoms with E-state index in [1.807, 2.05) is 24.3 Å². The Balaban J connectivity index is 1.64. The number of hydrogen-bond donors (Lipinski definition) is 3. The van der Waals surface area contributed by atoms with Crippen LogP contribution in [0, 0.1) is 11.3 Å². The van der Waals surface area contributed by atoms with E-state index in [1.54, 1.807) is 27.7 Å². The van der Waals surface area contributed by atoms with Crippen molar-refractivity contribution in [3.05, 3.63) is 59.7 Å². The van der Waals surface area contributed by atoms with Crippen molar-refractivity contribution in [2.24, 2.45) is 11.3 Å². The quantitative estimate of drug-likeness (QED) is 0.558. The summed E-state index contributed by atoms with van der Waals surface area (Å²) in [5, 5.41) is 14.5. The topological polar surface area (TPSA) is 105 Å². The SMILES string of the molecule is CC(CNC(=O)C(C)(C)C(C)(C)NC(=O)OCC1c2ccccc2-c2ccccc21)C(=O)O. The summed E-state index contributed by atoms with van der Waals surface area (Å²) in [6, 6.07) is 16.2. The molecule has 176 valence electrons. The average Bonchev–Trinajstić information content (AvgIpc) is 3.09. The summed E-state index contributed by atoms with van der Waals surface area (Å²) >= 11 is 0. The molecule has 0 bridgehead atoms. The predicted octanol–water partition coefficient (Wildman–Crippen LogP) is 4.17. The van der Waals surface area contributed by atoms with Crippen LogP contribution in [0.15, 0.2) is 48.5 Å². The van der Waals surface area contributed by atoms with Crippen LogP contribution in [0.4, 0.5) is 4.79 Å². The Kier molecular flexibility index (Phi) is 6.81. The van der Waals surface area contributed by atoms with E-state index >= 15 is 0 Å². The molecule has 7 heteroatoms. The number of fused-ring (bicyclic) bond motifs is 3. The number of amides is 2. The lowest BCUT2D eigenvalue weighted by molar-refractivity contribution is -0.141. The van der Waals surface area contributed by atoms with Gasteiger partial charge >= 0.3 is 12.1 Å². The van der Waals surface area contributed by atoms with Gasteiger partial charge in [0.2, 0.25) is 5.91 Å². The molecule has 1 aliphatic rings. The summed E-state index contributed by atoms with van der Waals surface area (Å²) in [7, 11) is 0. The van der Waals surface area contributed by atoms with E-state index in [4.69, 9.17) is 9.84 Å². The highest BCUT2D eigenvalue weighted by atomic mass is 16.5. The van der Waals surface area contributed by atoms with Gasteiger partial charge in [-0.2, -0.15) is 0 Å². The van der Waals surface area contributed by atoms with Crippen LogP contribution in [0.5, 0.6) is 0 Å². The molecule has 1 aliphatic carbocycles. The lowest BCUT2D eigenvalue weighted by Crippen LogP contribution is -2.60. The zero-order valence-electron chi connectivity index (χ0n) is 19.8. The van der Waals surface area contributed by atoms with Gasteiger partial charge < -0.3 is 20.5 Å². The van der Waals surface area contributed by atoms with E-state index in [-0.39, 0.29) is 25.0 Å². The minimum Gasteiger partial charge on any atom is -0.481 e. The molecule has 2 aromatic carbocycles. The van der Waals surface area contributed by atoms with E-state index in [1.165, 1.54) is 6.92 Å². The van der Waals surface area contributed by atoms with Crippen LogP contribution >= 0.6 is 0 Å². The second-order valence-electron chi connectivity index (χ2n) is 9.65. The van der Waals surface area contributed by atoms with Crippen molar-refractivity contribution in [2.45, 2.75) is 46.1 Å². The van der Waals surface area contributed by atoms with Gasteiger partial charge in [-0.3, -0.25) is 9.59 Å². The van der Waals surface area contributed by atoms with Crippen LogP contribution < -0.4 is 10.6 Å². The maximum absolute atomic E-state index is 12.8. The summed E-state index contributed by atoms with van der Waals surface area (Å²) in [6.45, 7) is 8.62. The fourth-order valence-corrected chi connectivity index (χ4v) is 3.88. The number of carbonyl (C=O) groups excluding carboxylic acids is 2. The summed E-state index contributed by atoms with van der Waals surface area (Å²) in [5.41, 5.74) is 2.57. The first kappa shape index (κ1) is 24.3. The van der Waals surface area contributed by atoms with Gasteiger partial charge in [-0.05, 0) is 49.9 Å². The number of carboxylic acid groups (broad SMARTS) is 1. The molecule has 2 aromatic rings. The molecule has 7 nitrogen and oxygen atoms in total. The van der Waals surface area contributed by atoms with Crippen molar-refractivity contribution < 1.29 is 24.2 Å². The Morgan fingerprint density at radius 1 is 0.970 bits per heavy atom. The minimum absolute atomic E-state index is 0.0125. The van der Waals surface area contributed by atoms with Crippen molar-refractivity contribution in [3.8, 4) is 11.1 Å². The fourth-order valence-electron chi connectivity index (χ4n) is 3.88. The number of carbonyl (C=O) groups is 3. The molecule has 0 aromatic heterocycles. The van der Waals surface area contributed by atoms with Crippen LogP contribution in [0.2, 0.25) is 0 Å². The highest BCUT2D eigenvalue weighted by Gasteiger charge is 2.45. The largest absolute Gasteiger partial charge is 0.481 e. The molecular formula is C26H32N2O5. The minimum atomic E-state index is -1.02. The molecular weight excluding hydrogens is 420 g/mol. The highest BCUT2D eigenvalue weighted by Crippen LogP contribution is 2.44. The molecule has 0 heterocycles. The van der Waals surface area contributed by atoms with Crippen molar-refractivity contribution in [2.75, 3.05) is 13.2 Å². The molecule has 0 aliphatic heterocycles. The normalized spacial score (nSPS) is 14.1. The smallest absolute Gasteiger partial charge is 0.407 e.